The largest absolute Gasteiger partial charge is 0.477 e. The van der Waals surface area contributed by atoms with Gasteiger partial charge in [0, 0.05) is 12.5 Å². The Morgan fingerprint density at radius 1 is 1.29 bits per heavy atom. The number of nitrogens with zero attached hydrogens (tertiary/aromatic N) is 2. The van der Waals surface area contributed by atoms with Gasteiger partial charge in [-0.1, -0.05) is 26.2 Å². The lowest BCUT2D eigenvalue weighted by Gasteiger charge is -2.21. The summed E-state index contributed by atoms with van der Waals surface area (Å²) in [5, 5.41) is 0. The molecule has 94 valence electrons. The summed E-state index contributed by atoms with van der Waals surface area (Å²) in [6.07, 6.45) is 7.38. The van der Waals surface area contributed by atoms with Crippen LogP contribution in [0.1, 0.15) is 44.9 Å². The lowest BCUT2D eigenvalue weighted by atomic mass is 9.90. The number of nitrogen functional groups attached to an aromatic ring is 1. The van der Waals surface area contributed by atoms with E-state index in [1.165, 1.54) is 32.1 Å². The number of anilines is 1. The number of hydrogen-bond acceptors (Lipinski definition) is 4. The first-order valence-electron chi connectivity index (χ1n) is 6.54. The van der Waals surface area contributed by atoms with Crippen molar-refractivity contribution in [3.63, 3.8) is 0 Å². The number of aromatic nitrogens is 2. The Hall–Kier alpha value is -1.32. The van der Waals surface area contributed by atoms with E-state index in [2.05, 4.69) is 9.97 Å². The molecule has 2 N–H and O–H groups in total. The zero-order valence-corrected chi connectivity index (χ0v) is 10.5. The highest BCUT2D eigenvalue weighted by molar-refractivity contribution is 5.32. The van der Waals surface area contributed by atoms with E-state index in [-0.39, 0.29) is 0 Å². The third-order valence-corrected chi connectivity index (χ3v) is 3.28. The molecule has 0 unspecified atom stereocenters. The van der Waals surface area contributed by atoms with Crippen LogP contribution in [0, 0.1) is 5.92 Å². The fourth-order valence-electron chi connectivity index (χ4n) is 2.28. The standard InChI is InChI=1S/C13H21N3O/c1-2-12-15-11(14)8-13(16-12)17-9-10-6-4-3-5-7-10/h8,10H,2-7,9H2,1H3,(H2,14,15,16). The van der Waals surface area contributed by atoms with Crippen LogP contribution in [0.5, 0.6) is 5.88 Å². The summed E-state index contributed by atoms with van der Waals surface area (Å²) in [6, 6.07) is 1.71. The molecular formula is C13H21N3O. The van der Waals surface area contributed by atoms with Crippen molar-refractivity contribution in [1.29, 1.82) is 0 Å². The third kappa shape index (κ3) is 3.58. The Morgan fingerprint density at radius 3 is 2.76 bits per heavy atom. The van der Waals surface area contributed by atoms with Crippen LogP contribution in [0.15, 0.2) is 6.07 Å². The van der Waals surface area contributed by atoms with Gasteiger partial charge in [-0.05, 0) is 18.8 Å². The van der Waals surface area contributed by atoms with Gasteiger partial charge in [-0.2, -0.15) is 4.98 Å². The number of rotatable bonds is 4. The van der Waals surface area contributed by atoms with Gasteiger partial charge in [-0.15, -0.1) is 0 Å². The molecule has 0 atom stereocenters. The lowest BCUT2D eigenvalue weighted by Crippen LogP contribution is -2.16. The maximum atomic E-state index is 5.74. The fourth-order valence-corrected chi connectivity index (χ4v) is 2.28. The second-order valence-corrected chi connectivity index (χ2v) is 4.72. The van der Waals surface area contributed by atoms with Crippen molar-refractivity contribution in [2.24, 2.45) is 5.92 Å². The molecule has 0 radical (unpaired) electrons. The zero-order valence-electron chi connectivity index (χ0n) is 10.5. The third-order valence-electron chi connectivity index (χ3n) is 3.28. The van der Waals surface area contributed by atoms with Crippen molar-refractivity contribution in [1.82, 2.24) is 9.97 Å². The van der Waals surface area contributed by atoms with E-state index in [1.807, 2.05) is 6.92 Å². The molecule has 0 bridgehead atoms. The number of hydrogen-bond donors (Lipinski definition) is 1. The van der Waals surface area contributed by atoms with E-state index in [1.54, 1.807) is 6.07 Å². The molecule has 0 saturated heterocycles. The molecule has 4 heteroatoms. The maximum absolute atomic E-state index is 5.74. The van der Waals surface area contributed by atoms with Crippen molar-refractivity contribution < 1.29 is 4.74 Å². The van der Waals surface area contributed by atoms with Crippen molar-refractivity contribution in [2.75, 3.05) is 12.3 Å². The predicted octanol–water partition coefficient (Wildman–Crippen LogP) is 2.58. The predicted molar refractivity (Wildman–Crippen MR) is 67.9 cm³/mol. The number of nitrogens with two attached hydrogens (primary N) is 1. The highest BCUT2D eigenvalue weighted by Crippen LogP contribution is 2.24. The Labute approximate surface area is 103 Å². The molecular weight excluding hydrogens is 214 g/mol. The molecule has 1 heterocycles. The monoisotopic (exact) mass is 235 g/mol. The van der Waals surface area contributed by atoms with Gasteiger partial charge in [-0.3, -0.25) is 0 Å². The van der Waals surface area contributed by atoms with Gasteiger partial charge in [0.2, 0.25) is 5.88 Å². The minimum Gasteiger partial charge on any atom is -0.477 e. The fraction of sp³-hybridized carbons (Fsp3) is 0.692. The topological polar surface area (TPSA) is 61.0 Å². The molecule has 1 aliphatic carbocycles. The van der Waals surface area contributed by atoms with E-state index >= 15 is 0 Å². The molecule has 1 aliphatic rings. The smallest absolute Gasteiger partial charge is 0.218 e. The van der Waals surface area contributed by atoms with E-state index in [9.17, 15) is 0 Å². The number of aryl methyl sites for hydroxylation is 1. The summed E-state index contributed by atoms with van der Waals surface area (Å²) in [7, 11) is 0. The first-order valence-corrected chi connectivity index (χ1v) is 6.54. The molecule has 1 saturated carbocycles. The Kier molecular flexibility index (Phi) is 4.18. The second kappa shape index (κ2) is 5.84. The summed E-state index contributed by atoms with van der Waals surface area (Å²) in [4.78, 5) is 8.46. The molecule has 0 aliphatic heterocycles. The van der Waals surface area contributed by atoms with Crippen LogP contribution in [0.25, 0.3) is 0 Å². The van der Waals surface area contributed by atoms with E-state index < -0.39 is 0 Å². The molecule has 0 aromatic carbocycles. The van der Waals surface area contributed by atoms with Crippen LogP contribution < -0.4 is 10.5 Å². The van der Waals surface area contributed by atoms with Crippen LogP contribution in [0.3, 0.4) is 0 Å². The first-order chi connectivity index (χ1) is 8.28. The average Bonchev–Trinajstić information content (AvgIpc) is 2.37. The van der Waals surface area contributed by atoms with Crippen LogP contribution in [-0.4, -0.2) is 16.6 Å². The van der Waals surface area contributed by atoms with Gasteiger partial charge in [0.1, 0.15) is 11.6 Å². The van der Waals surface area contributed by atoms with Crippen molar-refractivity contribution in [2.45, 2.75) is 45.4 Å². The molecule has 17 heavy (non-hydrogen) atoms. The van der Waals surface area contributed by atoms with Crippen LogP contribution >= 0.6 is 0 Å². The van der Waals surface area contributed by atoms with E-state index in [0.717, 1.165) is 18.9 Å². The second-order valence-electron chi connectivity index (χ2n) is 4.72. The summed E-state index contributed by atoms with van der Waals surface area (Å²) >= 11 is 0. The van der Waals surface area contributed by atoms with Crippen LogP contribution in [0.2, 0.25) is 0 Å². The van der Waals surface area contributed by atoms with Gasteiger partial charge in [-0.25, -0.2) is 4.98 Å². The molecule has 0 spiro atoms. The Balaban J connectivity index is 1.91. The highest BCUT2D eigenvalue weighted by Gasteiger charge is 2.14. The van der Waals surface area contributed by atoms with Crippen molar-refractivity contribution >= 4 is 5.82 Å². The minimum atomic E-state index is 0.496. The molecule has 1 fully saturated rings. The molecule has 0 amide bonds. The lowest BCUT2D eigenvalue weighted by molar-refractivity contribution is 0.202. The van der Waals surface area contributed by atoms with Crippen molar-refractivity contribution in [3.8, 4) is 5.88 Å². The van der Waals surface area contributed by atoms with Crippen molar-refractivity contribution in [3.05, 3.63) is 11.9 Å². The Morgan fingerprint density at radius 2 is 2.06 bits per heavy atom. The van der Waals surface area contributed by atoms with Gasteiger partial charge < -0.3 is 10.5 Å². The number of ether oxygens (including phenoxy) is 1. The maximum Gasteiger partial charge on any atom is 0.218 e. The van der Waals surface area contributed by atoms with Gasteiger partial charge >= 0.3 is 0 Å². The normalized spacial score (nSPS) is 17.0. The highest BCUT2D eigenvalue weighted by atomic mass is 16.5. The summed E-state index contributed by atoms with van der Waals surface area (Å²) in [6.45, 7) is 2.78. The average molecular weight is 235 g/mol. The quantitative estimate of drug-likeness (QED) is 0.871. The first kappa shape index (κ1) is 12.1. The molecule has 2 rings (SSSR count). The van der Waals surface area contributed by atoms with Gasteiger partial charge in [0.25, 0.3) is 0 Å². The molecule has 4 nitrogen and oxygen atoms in total. The summed E-state index contributed by atoms with van der Waals surface area (Å²) in [5.74, 6) is 2.56. The Bertz CT molecular complexity index is 362. The SMILES string of the molecule is CCc1nc(N)cc(OCC2CCCCC2)n1. The van der Waals surface area contributed by atoms with Crippen LogP contribution in [0.4, 0.5) is 5.82 Å². The van der Waals surface area contributed by atoms with Gasteiger partial charge in [0.05, 0.1) is 6.61 Å². The molecule has 1 aromatic rings. The summed E-state index contributed by atoms with van der Waals surface area (Å²) in [5.41, 5.74) is 5.71. The van der Waals surface area contributed by atoms with Gasteiger partial charge in [0.15, 0.2) is 0 Å². The van der Waals surface area contributed by atoms with E-state index in [0.29, 0.717) is 17.6 Å². The molecule has 1 aromatic heterocycles. The van der Waals surface area contributed by atoms with Crippen LogP contribution in [-0.2, 0) is 6.42 Å². The zero-order chi connectivity index (χ0) is 12.1. The van der Waals surface area contributed by atoms with E-state index in [4.69, 9.17) is 10.5 Å². The minimum absolute atomic E-state index is 0.496. The summed E-state index contributed by atoms with van der Waals surface area (Å²) < 4.78 is 5.74.